The highest BCUT2D eigenvalue weighted by molar-refractivity contribution is 6.01. The molecule has 1 aromatic heterocycles. The number of allylic oxidation sites excluding steroid dienone is 1. The van der Waals surface area contributed by atoms with E-state index < -0.39 is 11.7 Å². The lowest BCUT2D eigenvalue weighted by Crippen LogP contribution is -2.43. The van der Waals surface area contributed by atoms with Crippen LogP contribution in [0.3, 0.4) is 0 Å². The van der Waals surface area contributed by atoms with Crippen molar-refractivity contribution < 1.29 is 22.7 Å². The fourth-order valence-corrected chi connectivity index (χ4v) is 5.59. The fraction of sp³-hybridized carbons (Fsp3) is 0.419. The predicted molar refractivity (Wildman–Crippen MR) is 161 cm³/mol. The number of piperidine rings is 1. The molecule has 0 unspecified atom stereocenters. The Hall–Kier alpha value is -3.99. The van der Waals surface area contributed by atoms with E-state index in [2.05, 4.69) is 44.8 Å². The number of nitrogens with one attached hydrogen (secondary N) is 4. The average molecular weight is 583 g/mol. The van der Waals surface area contributed by atoms with Crippen LogP contribution in [-0.4, -0.2) is 74.4 Å². The van der Waals surface area contributed by atoms with Crippen molar-refractivity contribution in [1.82, 2.24) is 15.2 Å². The number of carbonyl (C=O) groups excluding carboxylic acids is 1. The summed E-state index contributed by atoms with van der Waals surface area (Å²) >= 11 is 0. The van der Waals surface area contributed by atoms with Crippen LogP contribution in [0.4, 0.5) is 30.4 Å². The van der Waals surface area contributed by atoms with Gasteiger partial charge in [0.2, 0.25) is 0 Å². The number of hydrogen-bond donors (Lipinski definition) is 4. The lowest BCUT2D eigenvalue weighted by molar-refractivity contribution is -0.0688. The Balaban J connectivity index is 1.34. The van der Waals surface area contributed by atoms with Gasteiger partial charge in [-0.2, -0.15) is 13.2 Å². The molecule has 2 fully saturated rings. The number of hydrogen-bond acceptors (Lipinski definition) is 7. The summed E-state index contributed by atoms with van der Waals surface area (Å²) in [7, 11) is 5.21. The number of methoxy groups -OCH3 is 1. The van der Waals surface area contributed by atoms with Crippen molar-refractivity contribution in [3.8, 4) is 5.75 Å². The first-order valence-electron chi connectivity index (χ1n) is 14.1. The first-order chi connectivity index (χ1) is 20.0. The Bertz CT molecular complexity index is 1460. The molecule has 2 aromatic carbocycles. The van der Waals surface area contributed by atoms with E-state index in [1.165, 1.54) is 0 Å². The molecule has 2 heterocycles. The normalized spacial score (nSPS) is 19.6. The molecule has 1 amide bonds. The summed E-state index contributed by atoms with van der Waals surface area (Å²) in [6, 6.07) is 12.8. The molecule has 3 aromatic rings. The summed E-state index contributed by atoms with van der Waals surface area (Å²) in [5.41, 5.74) is 0.934. The molecule has 1 aliphatic heterocycles. The Kier molecular flexibility index (Phi) is 8.49. The van der Waals surface area contributed by atoms with Crippen LogP contribution in [0.5, 0.6) is 5.75 Å². The number of nitrogens with zero attached hydrogens (tertiary/aromatic N) is 2. The number of amides is 1. The van der Waals surface area contributed by atoms with Crippen LogP contribution in [0.2, 0.25) is 0 Å². The van der Waals surface area contributed by atoms with E-state index in [9.17, 15) is 18.0 Å². The zero-order valence-electron chi connectivity index (χ0n) is 24.1. The molecule has 1 saturated heterocycles. The highest BCUT2D eigenvalue weighted by atomic mass is 19.4. The van der Waals surface area contributed by atoms with Gasteiger partial charge in [-0.25, -0.2) is 4.98 Å². The van der Waals surface area contributed by atoms with E-state index in [4.69, 9.17) is 4.74 Å². The number of aromatic nitrogens is 1. The largest absolute Gasteiger partial charge is 0.495 e. The van der Waals surface area contributed by atoms with Gasteiger partial charge in [-0.3, -0.25) is 4.79 Å². The zero-order valence-corrected chi connectivity index (χ0v) is 24.1. The van der Waals surface area contributed by atoms with Crippen molar-refractivity contribution in [3.63, 3.8) is 0 Å². The van der Waals surface area contributed by atoms with E-state index >= 15 is 0 Å². The van der Waals surface area contributed by atoms with E-state index in [1.54, 1.807) is 38.4 Å². The standard InChI is InChI=1S/C31H37F3N6O2/c1-18(31(32,33)34)29-23-6-5-7-25(36-20-10-12-40(3)13-11-20)24(23)17-28(39-29)38-22-15-21(16-22)37-26-9-8-19(30(41)35-2)14-27(26)42-4/h5-9,14,17,20-22,36-37H,1,10-13,15-16H2,2-4H3,(H,35,41)(H,38,39). The summed E-state index contributed by atoms with van der Waals surface area (Å²) in [6.45, 7) is 5.30. The number of pyridine rings is 1. The average Bonchev–Trinajstić information content (AvgIpc) is 2.95. The second-order valence-electron chi connectivity index (χ2n) is 11.1. The lowest BCUT2D eigenvalue weighted by Gasteiger charge is -2.37. The third-order valence-corrected chi connectivity index (χ3v) is 8.12. The molecule has 2 aliphatic rings. The van der Waals surface area contributed by atoms with Crippen LogP contribution in [0.1, 0.15) is 41.7 Å². The van der Waals surface area contributed by atoms with Gasteiger partial charge in [0.25, 0.3) is 5.91 Å². The minimum absolute atomic E-state index is 0.0181. The number of carbonyl (C=O) groups is 1. The van der Waals surface area contributed by atoms with Crippen molar-refractivity contribution in [2.75, 3.05) is 50.2 Å². The molecule has 11 heteroatoms. The van der Waals surface area contributed by atoms with Crippen LogP contribution in [0.25, 0.3) is 16.3 Å². The summed E-state index contributed by atoms with van der Waals surface area (Å²) < 4.78 is 47.0. The highest BCUT2D eigenvalue weighted by Gasteiger charge is 2.36. The summed E-state index contributed by atoms with van der Waals surface area (Å²) in [5.74, 6) is 0.744. The molecule has 224 valence electrons. The minimum atomic E-state index is -4.60. The smallest absolute Gasteiger partial charge is 0.417 e. The number of rotatable bonds is 9. The van der Waals surface area contributed by atoms with Gasteiger partial charge in [0.05, 0.1) is 24.1 Å². The number of alkyl halides is 3. The zero-order chi connectivity index (χ0) is 30.0. The van der Waals surface area contributed by atoms with Crippen molar-refractivity contribution in [3.05, 3.63) is 60.3 Å². The van der Waals surface area contributed by atoms with Gasteiger partial charge in [-0.1, -0.05) is 18.7 Å². The van der Waals surface area contributed by atoms with Crippen molar-refractivity contribution >= 4 is 39.4 Å². The Morgan fingerprint density at radius 1 is 0.976 bits per heavy atom. The monoisotopic (exact) mass is 582 g/mol. The molecular weight excluding hydrogens is 545 g/mol. The third-order valence-electron chi connectivity index (χ3n) is 8.12. The maximum absolute atomic E-state index is 13.8. The van der Waals surface area contributed by atoms with Crippen LogP contribution in [0, 0.1) is 0 Å². The summed E-state index contributed by atoms with van der Waals surface area (Å²) in [5, 5.41) is 14.1. The molecule has 0 radical (unpaired) electrons. The SMILES string of the molecule is C=C(c1nc(NC2CC(Nc3ccc(C(=O)NC)cc3OC)C2)cc2c(NC3CCN(C)CC3)cccc12)C(F)(F)F. The quantitative estimate of drug-likeness (QED) is 0.256. The minimum Gasteiger partial charge on any atom is -0.495 e. The number of ether oxygens (including phenoxy) is 1. The molecule has 0 spiro atoms. The molecule has 1 aliphatic carbocycles. The first-order valence-corrected chi connectivity index (χ1v) is 14.1. The van der Waals surface area contributed by atoms with Gasteiger partial charge in [0.1, 0.15) is 11.6 Å². The van der Waals surface area contributed by atoms with Crippen LogP contribution in [-0.2, 0) is 0 Å². The van der Waals surface area contributed by atoms with Crippen LogP contribution >= 0.6 is 0 Å². The number of anilines is 3. The van der Waals surface area contributed by atoms with Crippen molar-refractivity contribution in [2.45, 2.75) is 50.0 Å². The van der Waals surface area contributed by atoms with E-state index in [0.717, 1.165) is 50.1 Å². The van der Waals surface area contributed by atoms with Gasteiger partial charge >= 0.3 is 6.18 Å². The van der Waals surface area contributed by atoms with Gasteiger partial charge < -0.3 is 30.9 Å². The number of benzene rings is 2. The topological polar surface area (TPSA) is 90.5 Å². The van der Waals surface area contributed by atoms with Gasteiger partial charge in [-0.05, 0) is 76.2 Å². The molecule has 0 bridgehead atoms. The van der Waals surface area contributed by atoms with Crippen LogP contribution < -0.4 is 26.0 Å². The van der Waals surface area contributed by atoms with Crippen molar-refractivity contribution in [2.24, 2.45) is 0 Å². The maximum atomic E-state index is 13.8. The molecule has 42 heavy (non-hydrogen) atoms. The lowest BCUT2D eigenvalue weighted by atomic mass is 9.86. The molecule has 1 saturated carbocycles. The Labute approximate surface area is 243 Å². The molecule has 5 rings (SSSR count). The third kappa shape index (κ3) is 6.41. The molecular formula is C31H37F3N6O2. The van der Waals surface area contributed by atoms with Crippen LogP contribution in [0.15, 0.2) is 49.0 Å². The Morgan fingerprint density at radius 2 is 1.67 bits per heavy atom. The number of halogens is 3. The maximum Gasteiger partial charge on any atom is 0.417 e. The highest BCUT2D eigenvalue weighted by Crippen LogP contribution is 2.39. The second-order valence-corrected chi connectivity index (χ2v) is 11.1. The summed E-state index contributed by atoms with van der Waals surface area (Å²) in [4.78, 5) is 18.6. The molecule has 4 N–H and O–H groups in total. The van der Waals surface area contributed by atoms with Gasteiger partial charge in [-0.15, -0.1) is 0 Å². The molecule has 0 atom stereocenters. The van der Waals surface area contributed by atoms with Gasteiger partial charge in [0, 0.05) is 47.2 Å². The van der Waals surface area contributed by atoms with Crippen molar-refractivity contribution in [1.29, 1.82) is 0 Å². The molecule has 8 nitrogen and oxygen atoms in total. The summed E-state index contributed by atoms with van der Waals surface area (Å²) in [6.07, 6.45) is -1.23. The first kappa shape index (κ1) is 29.5. The van der Waals surface area contributed by atoms with Gasteiger partial charge in [0.15, 0.2) is 0 Å². The predicted octanol–water partition coefficient (Wildman–Crippen LogP) is 5.74. The number of fused-ring (bicyclic) bond motifs is 1. The second kappa shape index (κ2) is 12.1. The van der Waals surface area contributed by atoms with E-state index in [1.807, 2.05) is 18.2 Å². The van der Waals surface area contributed by atoms with E-state index in [-0.39, 0.29) is 29.7 Å². The fourth-order valence-electron chi connectivity index (χ4n) is 5.59. The number of likely N-dealkylation sites (tertiary alicyclic amines) is 1. The Morgan fingerprint density at radius 3 is 2.33 bits per heavy atom. The van der Waals surface area contributed by atoms with E-state index in [0.29, 0.717) is 27.9 Å².